The Morgan fingerprint density at radius 3 is 3.00 bits per heavy atom. The highest BCUT2D eigenvalue weighted by molar-refractivity contribution is 5.75. The largest absolute Gasteiger partial charge is 0.468 e. The average molecular weight is 244 g/mol. The van der Waals surface area contributed by atoms with Gasteiger partial charge in [0.1, 0.15) is 6.04 Å². The number of ether oxygens (including phenoxy) is 2. The second kappa shape index (κ2) is 7.63. The van der Waals surface area contributed by atoms with Crippen molar-refractivity contribution in [3.8, 4) is 0 Å². The van der Waals surface area contributed by atoms with E-state index in [9.17, 15) is 4.79 Å². The number of likely N-dealkylation sites (tertiary alicyclic amines) is 1. The fourth-order valence-corrected chi connectivity index (χ4v) is 2.18. The maximum atomic E-state index is 11.2. The number of nitrogens with two attached hydrogens (primary N) is 1. The quantitative estimate of drug-likeness (QED) is 0.684. The maximum Gasteiger partial charge on any atom is 0.322 e. The molecule has 5 heteroatoms. The Labute approximate surface area is 103 Å². The summed E-state index contributed by atoms with van der Waals surface area (Å²) in [6.07, 6.45) is 3.26. The molecule has 2 unspecified atom stereocenters. The number of carbonyl (C=O) groups excluding carboxylic acids is 1. The van der Waals surface area contributed by atoms with Gasteiger partial charge in [0.2, 0.25) is 0 Å². The fourth-order valence-electron chi connectivity index (χ4n) is 2.18. The summed E-state index contributed by atoms with van der Waals surface area (Å²) in [7, 11) is 1.37. The average Bonchev–Trinajstić information content (AvgIpc) is 2.36. The Kier molecular flexibility index (Phi) is 6.47. The number of esters is 1. The van der Waals surface area contributed by atoms with E-state index in [1.54, 1.807) is 0 Å². The molecule has 1 saturated heterocycles. The van der Waals surface area contributed by atoms with Crippen LogP contribution in [-0.4, -0.2) is 56.4 Å². The van der Waals surface area contributed by atoms with Crippen LogP contribution in [0.4, 0.5) is 0 Å². The van der Waals surface area contributed by atoms with Gasteiger partial charge in [0, 0.05) is 19.7 Å². The van der Waals surface area contributed by atoms with Crippen molar-refractivity contribution in [3.05, 3.63) is 0 Å². The molecule has 1 rings (SSSR count). The Hall–Kier alpha value is -0.650. The molecule has 0 amide bonds. The maximum absolute atomic E-state index is 11.2. The predicted octanol–water partition coefficient (Wildman–Crippen LogP) is 0.378. The highest BCUT2D eigenvalue weighted by Crippen LogP contribution is 2.13. The molecule has 1 aliphatic rings. The molecule has 1 aliphatic heterocycles. The molecule has 100 valence electrons. The molecule has 0 saturated carbocycles. The summed E-state index contributed by atoms with van der Waals surface area (Å²) >= 11 is 0. The normalized spacial score (nSPS) is 23.4. The minimum absolute atomic E-state index is 0.330. The molecule has 0 radical (unpaired) electrons. The zero-order valence-electron chi connectivity index (χ0n) is 10.9. The van der Waals surface area contributed by atoms with Crippen molar-refractivity contribution in [2.75, 3.05) is 33.4 Å². The minimum atomic E-state index is -0.507. The minimum Gasteiger partial charge on any atom is -0.468 e. The summed E-state index contributed by atoms with van der Waals surface area (Å²) in [5.41, 5.74) is 5.71. The highest BCUT2D eigenvalue weighted by atomic mass is 16.5. The molecule has 0 aromatic carbocycles. The lowest BCUT2D eigenvalue weighted by Crippen LogP contribution is -2.43. The van der Waals surface area contributed by atoms with Gasteiger partial charge in [-0.05, 0) is 32.7 Å². The van der Waals surface area contributed by atoms with Crippen molar-refractivity contribution in [1.29, 1.82) is 0 Å². The number of methoxy groups -OCH3 is 1. The van der Waals surface area contributed by atoms with Crippen LogP contribution >= 0.6 is 0 Å². The van der Waals surface area contributed by atoms with Gasteiger partial charge in [0.25, 0.3) is 0 Å². The van der Waals surface area contributed by atoms with Crippen LogP contribution in [0.1, 0.15) is 26.2 Å². The van der Waals surface area contributed by atoms with Crippen LogP contribution in [0.5, 0.6) is 0 Å². The Bertz CT molecular complexity index is 234. The van der Waals surface area contributed by atoms with Crippen LogP contribution in [0.25, 0.3) is 0 Å². The van der Waals surface area contributed by atoms with Gasteiger partial charge in [0.05, 0.1) is 13.2 Å². The van der Waals surface area contributed by atoms with Gasteiger partial charge in [0.15, 0.2) is 0 Å². The summed E-state index contributed by atoms with van der Waals surface area (Å²) in [5.74, 6) is -0.330. The van der Waals surface area contributed by atoms with Gasteiger partial charge >= 0.3 is 5.97 Å². The van der Waals surface area contributed by atoms with Gasteiger partial charge in [-0.25, -0.2) is 0 Å². The molecule has 2 atom stereocenters. The number of carbonyl (C=O) groups is 1. The summed E-state index contributed by atoms with van der Waals surface area (Å²) in [6.45, 7) is 5.63. The van der Waals surface area contributed by atoms with Crippen LogP contribution in [-0.2, 0) is 14.3 Å². The van der Waals surface area contributed by atoms with Crippen molar-refractivity contribution in [3.63, 3.8) is 0 Å². The lowest BCUT2D eigenvalue weighted by Gasteiger charge is -2.32. The Balaban J connectivity index is 2.24. The van der Waals surface area contributed by atoms with Crippen LogP contribution in [0.3, 0.4) is 0 Å². The molecule has 0 aromatic rings. The molecule has 0 bridgehead atoms. The first-order valence-electron chi connectivity index (χ1n) is 6.34. The van der Waals surface area contributed by atoms with Gasteiger partial charge < -0.3 is 20.1 Å². The number of hydrogen-bond donors (Lipinski definition) is 1. The molecule has 0 aromatic heterocycles. The molecular formula is C12H24N2O3. The summed E-state index contributed by atoms with van der Waals surface area (Å²) < 4.78 is 10.2. The van der Waals surface area contributed by atoms with Crippen molar-refractivity contribution >= 4 is 5.97 Å². The van der Waals surface area contributed by atoms with Crippen molar-refractivity contribution in [1.82, 2.24) is 4.90 Å². The zero-order chi connectivity index (χ0) is 12.7. The van der Waals surface area contributed by atoms with Crippen LogP contribution < -0.4 is 5.73 Å². The number of piperidine rings is 1. The van der Waals surface area contributed by atoms with Crippen molar-refractivity contribution in [2.45, 2.75) is 38.3 Å². The van der Waals surface area contributed by atoms with E-state index in [0.29, 0.717) is 12.5 Å². The molecule has 17 heavy (non-hydrogen) atoms. The molecule has 1 heterocycles. The third kappa shape index (κ3) is 5.02. The molecule has 1 fully saturated rings. The number of hydrogen-bond acceptors (Lipinski definition) is 5. The smallest absolute Gasteiger partial charge is 0.322 e. The standard InChI is InChI=1S/C12H24N2O3/c1-3-17-10-5-4-7-14(9-10)8-6-11(13)12(15)16-2/h10-11H,3-9,13H2,1-2H3. The third-order valence-electron chi connectivity index (χ3n) is 3.12. The highest BCUT2D eigenvalue weighted by Gasteiger charge is 2.21. The van der Waals surface area contributed by atoms with E-state index in [0.717, 1.165) is 39.1 Å². The van der Waals surface area contributed by atoms with Crippen LogP contribution in [0.15, 0.2) is 0 Å². The van der Waals surface area contributed by atoms with Crippen LogP contribution in [0, 0.1) is 0 Å². The van der Waals surface area contributed by atoms with E-state index in [4.69, 9.17) is 10.5 Å². The van der Waals surface area contributed by atoms with Crippen molar-refractivity contribution in [2.24, 2.45) is 5.73 Å². The zero-order valence-corrected chi connectivity index (χ0v) is 10.9. The van der Waals surface area contributed by atoms with E-state index in [1.807, 2.05) is 6.92 Å². The SMILES string of the molecule is CCOC1CCCN(CCC(N)C(=O)OC)C1. The monoisotopic (exact) mass is 244 g/mol. The van der Waals surface area contributed by atoms with E-state index in [-0.39, 0.29) is 5.97 Å². The Morgan fingerprint density at radius 2 is 2.35 bits per heavy atom. The summed E-state index contributed by atoms with van der Waals surface area (Å²) in [4.78, 5) is 13.5. The lowest BCUT2D eigenvalue weighted by molar-refractivity contribution is -0.142. The molecular weight excluding hydrogens is 220 g/mol. The second-order valence-electron chi connectivity index (χ2n) is 4.44. The molecule has 0 aliphatic carbocycles. The first-order valence-corrected chi connectivity index (χ1v) is 6.34. The van der Waals surface area contributed by atoms with Crippen LogP contribution in [0.2, 0.25) is 0 Å². The topological polar surface area (TPSA) is 64.8 Å². The van der Waals surface area contributed by atoms with E-state index in [1.165, 1.54) is 7.11 Å². The van der Waals surface area contributed by atoms with E-state index < -0.39 is 6.04 Å². The summed E-state index contributed by atoms with van der Waals surface area (Å²) in [6, 6.07) is -0.507. The molecule has 0 spiro atoms. The Morgan fingerprint density at radius 1 is 1.59 bits per heavy atom. The number of rotatable bonds is 6. The third-order valence-corrected chi connectivity index (χ3v) is 3.12. The van der Waals surface area contributed by atoms with Gasteiger partial charge in [-0.2, -0.15) is 0 Å². The number of nitrogens with zero attached hydrogens (tertiary/aromatic N) is 1. The van der Waals surface area contributed by atoms with Crippen molar-refractivity contribution < 1.29 is 14.3 Å². The lowest BCUT2D eigenvalue weighted by atomic mass is 10.1. The summed E-state index contributed by atoms with van der Waals surface area (Å²) in [5, 5.41) is 0. The van der Waals surface area contributed by atoms with E-state index in [2.05, 4.69) is 9.64 Å². The fraction of sp³-hybridized carbons (Fsp3) is 0.917. The predicted molar refractivity (Wildman–Crippen MR) is 65.7 cm³/mol. The molecule has 2 N–H and O–H groups in total. The van der Waals surface area contributed by atoms with E-state index >= 15 is 0 Å². The van der Waals surface area contributed by atoms with Gasteiger partial charge in [-0.1, -0.05) is 0 Å². The first-order chi connectivity index (χ1) is 8.17. The first kappa shape index (κ1) is 14.4. The molecule has 5 nitrogen and oxygen atoms in total. The van der Waals surface area contributed by atoms with Gasteiger partial charge in [-0.15, -0.1) is 0 Å². The second-order valence-corrected chi connectivity index (χ2v) is 4.44. The van der Waals surface area contributed by atoms with Gasteiger partial charge in [-0.3, -0.25) is 4.79 Å².